The molecule has 0 spiro atoms. The molecule has 0 saturated carbocycles. The molecule has 78 valence electrons. The van der Waals surface area contributed by atoms with Crippen LogP contribution in [0, 0.1) is 0 Å². The second-order valence-electron chi connectivity index (χ2n) is 3.83. The van der Waals surface area contributed by atoms with Crippen molar-refractivity contribution in [1.82, 2.24) is 4.90 Å². The van der Waals surface area contributed by atoms with Gasteiger partial charge in [0.15, 0.2) is 0 Å². The first-order chi connectivity index (χ1) is 6.26. The van der Waals surface area contributed by atoms with E-state index in [1.165, 1.54) is 25.3 Å². The normalized spacial score (nSPS) is 27.5. The molecule has 1 rings (SSSR count). The van der Waals surface area contributed by atoms with Gasteiger partial charge in [0.05, 0.1) is 0 Å². The fourth-order valence-corrected chi connectivity index (χ4v) is 2.90. The molecule has 13 heavy (non-hydrogen) atoms. The minimum Gasteiger partial charge on any atom is -0.327 e. The Morgan fingerprint density at radius 1 is 1.54 bits per heavy atom. The second kappa shape index (κ2) is 5.89. The van der Waals surface area contributed by atoms with Crippen molar-refractivity contribution < 1.29 is 0 Å². The summed E-state index contributed by atoms with van der Waals surface area (Å²) in [5, 5.41) is 0.845. The molecule has 1 heterocycles. The topological polar surface area (TPSA) is 29.3 Å². The molecule has 0 radical (unpaired) electrons. The maximum atomic E-state index is 5.94. The van der Waals surface area contributed by atoms with Gasteiger partial charge in [0.25, 0.3) is 0 Å². The zero-order valence-corrected chi connectivity index (χ0v) is 9.65. The standard InChI is InChI=1S/C10H22N2S/c1-3-9(11)7-12-5-6-13-10(4-2)8-12/h9-10H,3-8,11H2,1-2H3. The highest BCUT2D eigenvalue weighted by molar-refractivity contribution is 8.00. The summed E-state index contributed by atoms with van der Waals surface area (Å²) < 4.78 is 0. The van der Waals surface area contributed by atoms with E-state index in [1.54, 1.807) is 0 Å². The maximum absolute atomic E-state index is 5.94. The smallest absolute Gasteiger partial charge is 0.0172 e. The summed E-state index contributed by atoms with van der Waals surface area (Å²) in [6.45, 7) is 8.01. The molecular weight excluding hydrogens is 180 g/mol. The molecule has 0 aliphatic carbocycles. The van der Waals surface area contributed by atoms with E-state index in [9.17, 15) is 0 Å². The molecule has 0 aromatic carbocycles. The zero-order valence-electron chi connectivity index (χ0n) is 8.83. The first-order valence-corrected chi connectivity index (χ1v) is 6.40. The van der Waals surface area contributed by atoms with Crippen LogP contribution in [0.15, 0.2) is 0 Å². The molecule has 0 amide bonds. The lowest BCUT2D eigenvalue weighted by atomic mass is 10.2. The third kappa shape index (κ3) is 3.88. The Morgan fingerprint density at radius 3 is 2.92 bits per heavy atom. The van der Waals surface area contributed by atoms with Crippen molar-refractivity contribution in [2.24, 2.45) is 5.73 Å². The van der Waals surface area contributed by atoms with Crippen LogP contribution >= 0.6 is 11.8 Å². The van der Waals surface area contributed by atoms with Crippen LogP contribution in [0.4, 0.5) is 0 Å². The van der Waals surface area contributed by atoms with Crippen LogP contribution in [0.1, 0.15) is 26.7 Å². The van der Waals surface area contributed by atoms with Crippen LogP contribution in [0.5, 0.6) is 0 Å². The zero-order chi connectivity index (χ0) is 9.68. The minimum absolute atomic E-state index is 0.376. The lowest BCUT2D eigenvalue weighted by Gasteiger charge is -2.33. The van der Waals surface area contributed by atoms with Gasteiger partial charge in [-0.3, -0.25) is 4.90 Å². The Hall–Kier alpha value is 0.270. The molecule has 0 aromatic rings. The lowest BCUT2D eigenvalue weighted by molar-refractivity contribution is 0.261. The van der Waals surface area contributed by atoms with Crippen LogP contribution < -0.4 is 5.73 Å². The highest BCUT2D eigenvalue weighted by Gasteiger charge is 2.19. The van der Waals surface area contributed by atoms with Crippen molar-refractivity contribution in [3.63, 3.8) is 0 Å². The SMILES string of the molecule is CCC(N)CN1CCSC(CC)C1. The van der Waals surface area contributed by atoms with Gasteiger partial charge in [0, 0.05) is 36.7 Å². The third-order valence-corrected chi connectivity index (χ3v) is 4.07. The quantitative estimate of drug-likeness (QED) is 0.750. The maximum Gasteiger partial charge on any atom is 0.0172 e. The van der Waals surface area contributed by atoms with Gasteiger partial charge in [-0.15, -0.1) is 0 Å². The van der Waals surface area contributed by atoms with E-state index < -0.39 is 0 Å². The van der Waals surface area contributed by atoms with Crippen LogP contribution in [-0.2, 0) is 0 Å². The number of thioether (sulfide) groups is 1. The average Bonchev–Trinajstić information content (AvgIpc) is 2.18. The Labute approximate surface area is 86.2 Å². The molecule has 2 atom stereocenters. The summed E-state index contributed by atoms with van der Waals surface area (Å²) in [6.07, 6.45) is 2.39. The van der Waals surface area contributed by atoms with Crippen LogP contribution in [-0.4, -0.2) is 41.6 Å². The first-order valence-electron chi connectivity index (χ1n) is 5.35. The summed E-state index contributed by atoms with van der Waals surface area (Å²) in [6, 6.07) is 0.376. The van der Waals surface area contributed by atoms with Crippen LogP contribution in [0.3, 0.4) is 0 Å². The highest BCUT2D eigenvalue weighted by Crippen LogP contribution is 2.20. The van der Waals surface area contributed by atoms with Crippen LogP contribution in [0.2, 0.25) is 0 Å². The van der Waals surface area contributed by atoms with Crippen molar-refractivity contribution in [3.05, 3.63) is 0 Å². The Kier molecular flexibility index (Phi) is 5.14. The van der Waals surface area contributed by atoms with Crippen molar-refractivity contribution in [1.29, 1.82) is 0 Å². The number of hydrogen-bond donors (Lipinski definition) is 1. The average molecular weight is 202 g/mol. The number of nitrogens with two attached hydrogens (primary N) is 1. The molecular formula is C10H22N2S. The van der Waals surface area contributed by atoms with E-state index >= 15 is 0 Å². The monoisotopic (exact) mass is 202 g/mol. The molecule has 3 heteroatoms. The Morgan fingerprint density at radius 2 is 2.31 bits per heavy atom. The van der Waals surface area contributed by atoms with E-state index in [2.05, 4.69) is 30.5 Å². The molecule has 2 nitrogen and oxygen atoms in total. The van der Waals surface area contributed by atoms with Gasteiger partial charge in [-0.2, -0.15) is 11.8 Å². The third-order valence-electron chi connectivity index (χ3n) is 2.70. The fraction of sp³-hybridized carbons (Fsp3) is 1.00. The first kappa shape index (κ1) is 11.3. The van der Waals surface area contributed by atoms with Crippen molar-refractivity contribution in [2.75, 3.05) is 25.4 Å². The van der Waals surface area contributed by atoms with Crippen LogP contribution in [0.25, 0.3) is 0 Å². The molecule has 1 aliphatic rings. The number of rotatable bonds is 4. The van der Waals surface area contributed by atoms with Gasteiger partial charge >= 0.3 is 0 Å². The van der Waals surface area contributed by atoms with Gasteiger partial charge in [-0.1, -0.05) is 13.8 Å². The summed E-state index contributed by atoms with van der Waals surface area (Å²) in [5.41, 5.74) is 5.94. The van der Waals surface area contributed by atoms with E-state index in [4.69, 9.17) is 5.73 Å². The summed E-state index contributed by atoms with van der Waals surface area (Å²) >= 11 is 2.12. The summed E-state index contributed by atoms with van der Waals surface area (Å²) in [7, 11) is 0. The predicted molar refractivity (Wildman–Crippen MR) is 61.2 cm³/mol. The molecule has 0 bridgehead atoms. The largest absolute Gasteiger partial charge is 0.327 e. The molecule has 1 fully saturated rings. The number of hydrogen-bond acceptors (Lipinski definition) is 3. The highest BCUT2D eigenvalue weighted by atomic mass is 32.2. The Bertz CT molecular complexity index is 139. The summed E-state index contributed by atoms with van der Waals surface area (Å²) in [4.78, 5) is 2.53. The molecule has 1 aliphatic heterocycles. The lowest BCUT2D eigenvalue weighted by Crippen LogP contribution is -2.44. The van der Waals surface area contributed by atoms with Gasteiger partial charge < -0.3 is 5.73 Å². The van der Waals surface area contributed by atoms with Crippen molar-refractivity contribution in [2.45, 2.75) is 38.0 Å². The summed E-state index contributed by atoms with van der Waals surface area (Å²) in [5.74, 6) is 1.29. The van der Waals surface area contributed by atoms with E-state index in [-0.39, 0.29) is 0 Å². The van der Waals surface area contributed by atoms with Gasteiger partial charge in [0.1, 0.15) is 0 Å². The van der Waals surface area contributed by atoms with Gasteiger partial charge in [-0.05, 0) is 12.8 Å². The molecule has 2 unspecified atom stereocenters. The fourth-order valence-electron chi connectivity index (χ4n) is 1.65. The van der Waals surface area contributed by atoms with Crippen molar-refractivity contribution in [3.8, 4) is 0 Å². The predicted octanol–water partition coefficient (Wildman–Crippen LogP) is 1.55. The van der Waals surface area contributed by atoms with Crippen molar-refractivity contribution >= 4 is 11.8 Å². The second-order valence-corrected chi connectivity index (χ2v) is 5.24. The molecule has 1 saturated heterocycles. The van der Waals surface area contributed by atoms with Gasteiger partial charge in [-0.25, -0.2) is 0 Å². The molecule has 2 N–H and O–H groups in total. The van der Waals surface area contributed by atoms with E-state index in [1.807, 2.05) is 0 Å². The number of nitrogens with zero attached hydrogens (tertiary/aromatic N) is 1. The van der Waals surface area contributed by atoms with E-state index in [0.717, 1.165) is 18.2 Å². The minimum atomic E-state index is 0.376. The molecule has 0 aromatic heterocycles. The van der Waals surface area contributed by atoms with E-state index in [0.29, 0.717) is 6.04 Å². The van der Waals surface area contributed by atoms with Gasteiger partial charge in [0.2, 0.25) is 0 Å². The Balaban J connectivity index is 2.25.